The van der Waals surface area contributed by atoms with Crippen LogP contribution in [0.1, 0.15) is 13.3 Å². The second kappa shape index (κ2) is 3.67. The van der Waals surface area contributed by atoms with Crippen LogP contribution >= 0.6 is 23.1 Å². The van der Waals surface area contributed by atoms with E-state index in [2.05, 4.69) is 22.9 Å². The normalized spacial score (nSPS) is 26.3. The van der Waals surface area contributed by atoms with Crippen LogP contribution in [0.4, 0.5) is 0 Å². The molecule has 1 atom stereocenters. The topological polar surface area (TPSA) is 17.1 Å². The Morgan fingerprint density at radius 2 is 1.93 bits per heavy atom. The summed E-state index contributed by atoms with van der Waals surface area (Å²) in [6, 6.07) is 7.83. The molecule has 1 aliphatic heterocycles. The molecule has 0 spiro atoms. The highest BCUT2D eigenvalue weighted by atomic mass is 79.9. The van der Waals surface area contributed by atoms with Gasteiger partial charge in [0, 0.05) is 15.9 Å². The molecule has 1 heterocycles. The van der Waals surface area contributed by atoms with Crippen molar-refractivity contribution in [2.75, 3.05) is 6.16 Å². The molecule has 2 rings (SSSR count). The summed E-state index contributed by atoms with van der Waals surface area (Å²) in [5.41, 5.74) is 1.26. The summed E-state index contributed by atoms with van der Waals surface area (Å²) in [7, 11) is -2.18. The Bertz CT molecular complexity index is 419. The van der Waals surface area contributed by atoms with Gasteiger partial charge in [0.15, 0.2) is 0 Å². The molecular formula is C11H12BrOP. The van der Waals surface area contributed by atoms with Gasteiger partial charge in [-0.2, -0.15) is 0 Å². The molecule has 0 bridgehead atoms. The molecule has 1 nitrogen and oxygen atoms in total. The summed E-state index contributed by atoms with van der Waals surface area (Å²) in [4.78, 5) is 0. The van der Waals surface area contributed by atoms with E-state index in [-0.39, 0.29) is 0 Å². The third kappa shape index (κ3) is 1.87. The van der Waals surface area contributed by atoms with Gasteiger partial charge in [-0.1, -0.05) is 33.6 Å². The number of rotatable bonds is 1. The molecule has 1 aromatic carbocycles. The molecule has 1 aliphatic rings. The lowest BCUT2D eigenvalue weighted by Gasteiger charge is -2.08. The van der Waals surface area contributed by atoms with Crippen LogP contribution in [0.2, 0.25) is 0 Å². The molecule has 74 valence electrons. The van der Waals surface area contributed by atoms with Gasteiger partial charge in [-0.3, -0.25) is 0 Å². The standard InChI is InChI=1S/C11H12BrOP/c1-9-6-7-14(13,8-9)11-4-2-10(12)3-5-11/h2-5,8H,6-7H2,1H3. The molecule has 0 saturated heterocycles. The Labute approximate surface area is 92.7 Å². The minimum atomic E-state index is -2.18. The molecule has 14 heavy (non-hydrogen) atoms. The van der Waals surface area contributed by atoms with Crippen LogP contribution in [-0.2, 0) is 4.57 Å². The first kappa shape index (κ1) is 10.2. The fourth-order valence-corrected chi connectivity index (χ4v) is 4.71. The average molecular weight is 271 g/mol. The van der Waals surface area contributed by atoms with Crippen molar-refractivity contribution >= 4 is 28.4 Å². The predicted octanol–water partition coefficient (Wildman–Crippen LogP) is 3.75. The minimum absolute atomic E-state index is 0.806. The molecule has 1 aromatic rings. The Morgan fingerprint density at radius 3 is 2.43 bits per heavy atom. The maximum Gasteiger partial charge on any atom is 0.136 e. The van der Waals surface area contributed by atoms with E-state index in [0.29, 0.717) is 0 Å². The van der Waals surface area contributed by atoms with E-state index in [1.54, 1.807) is 0 Å². The van der Waals surface area contributed by atoms with Gasteiger partial charge in [-0.25, -0.2) is 0 Å². The van der Waals surface area contributed by atoms with Crippen LogP contribution in [0.5, 0.6) is 0 Å². The van der Waals surface area contributed by atoms with Crippen molar-refractivity contribution < 1.29 is 4.57 Å². The van der Waals surface area contributed by atoms with E-state index < -0.39 is 7.14 Å². The van der Waals surface area contributed by atoms with Crippen molar-refractivity contribution in [1.82, 2.24) is 0 Å². The largest absolute Gasteiger partial charge is 0.314 e. The van der Waals surface area contributed by atoms with E-state index >= 15 is 0 Å². The Kier molecular flexibility index (Phi) is 2.68. The summed E-state index contributed by atoms with van der Waals surface area (Å²) < 4.78 is 13.5. The summed E-state index contributed by atoms with van der Waals surface area (Å²) in [5, 5.41) is 0.984. The van der Waals surface area contributed by atoms with E-state index in [9.17, 15) is 4.57 Å². The lowest BCUT2D eigenvalue weighted by Crippen LogP contribution is -2.02. The summed E-state index contributed by atoms with van der Waals surface area (Å²) in [6.45, 7) is 2.05. The average Bonchev–Trinajstić information content (AvgIpc) is 2.48. The van der Waals surface area contributed by atoms with Gasteiger partial charge in [0.2, 0.25) is 0 Å². The van der Waals surface area contributed by atoms with Gasteiger partial charge in [0.05, 0.1) is 0 Å². The summed E-state index contributed by atoms with van der Waals surface area (Å²) in [5.74, 6) is 1.97. The lowest BCUT2D eigenvalue weighted by molar-refractivity contribution is 0.587. The highest BCUT2D eigenvalue weighted by molar-refractivity contribution is 9.10. The number of allylic oxidation sites excluding steroid dienone is 1. The van der Waals surface area contributed by atoms with E-state index in [1.807, 2.05) is 30.1 Å². The number of hydrogen-bond donors (Lipinski definition) is 0. The van der Waals surface area contributed by atoms with Crippen LogP contribution in [0.25, 0.3) is 0 Å². The van der Waals surface area contributed by atoms with Crippen LogP contribution in [0, 0.1) is 0 Å². The molecular weight excluding hydrogens is 259 g/mol. The first-order chi connectivity index (χ1) is 6.60. The third-order valence-electron chi connectivity index (χ3n) is 2.53. The van der Waals surface area contributed by atoms with E-state index in [4.69, 9.17) is 0 Å². The van der Waals surface area contributed by atoms with Gasteiger partial charge in [0.1, 0.15) is 7.14 Å². The Hall–Kier alpha value is -0.330. The molecule has 0 aromatic heterocycles. The zero-order valence-corrected chi connectivity index (χ0v) is 10.5. The minimum Gasteiger partial charge on any atom is -0.314 e. The molecule has 0 radical (unpaired) electrons. The molecule has 0 fully saturated rings. The fraction of sp³-hybridized carbons (Fsp3) is 0.273. The number of benzene rings is 1. The van der Waals surface area contributed by atoms with E-state index in [1.165, 1.54) is 5.57 Å². The molecule has 0 N–H and O–H groups in total. The van der Waals surface area contributed by atoms with Crippen molar-refractivity contribution in [3.63, 3.8) is 0 Å². The second-order valence-corrected chi connectivity index (χ2v) is 7.45. The SMILES string of the molecule is CC1=CP(=O)(c2ccc(Br)cc2)CC1. The Morgan fingerprint density at radius 1 is 1.29 bits per heavy atom. The highest BCUT2D eigenvalue weighted by Crippen LogP contribution is 2.52. The maximum atomic E-state index is 12.4. The predicted molar refractivity (Wildman–Crippen MR) is 64.6 cm³/mol. The lowest BCUT2D eigenvalue weighted by atomic mass is 10.3. The van der Waals surface area contributed by atoms with Crippen LogP contribution in [-0.4, -0.2) is 6.16 Å². The Balaban J connectivity index is 2.41. The van der Waals surface area contributed by atoms with Crippen molar-refractivity contribution in [3.05, 3.63) is 40.1 Å². The molecule has 1 unspecified atom stereocenters. The fourth-order valence-electron chi connectivity index (χ4n) is 1.72. The first-order valence-corrected chi connectivity index (χ1v) is 7.39. The number of hydrogen-bond acceptors (Lipinski definition) is 1. The van der Waals surface area contributed by atoms with Crippen LogP contribution in [0.15, 0.2) is 40.1 Å². The smallest absolute Gasteiger partial charge is 0.136 e. The van der Waals surface area contributed by atoms with Gasteiger partial charge < -0.3 is 4.57 Å². The monoisotopic (exact) mass is 270 g/mol. The summed E-state index contributed by atoms with van der Waals surface area (Å²) in [6.07, 6.45) is 1.79. The van der Waals surface area contributed by atoms with Crippen molar-refractivity contribution in [3.8, 4) is 0 Å². The quantitative estimate of drug-likeness (QED) is 0.711. The zero-order chi connectivity index (χ0) is 10.2. The van der Waals surface area contributed by atoms with Crippen molar-refractivity contribution in [2.24, 2.45) is 0 Å². The first-order valence-electron chi connectivity index (χ1n) is 4.63. The van der Waals surface area contributed by atoms with Crippen LogP contribution in [0.3, 0.4) is 0 Å². The van der Waals surface area contributed by atoms with Crippen molar-refractivity contribution in [1.29, 1.82) is 0 Å². The van der Waals surface area contributed by atoms with Gasteiger partial charge in [-0.15, -0.1) is 0 Å². The molecule has 0 amide bonds. The van der Waals surface area contributed by atoms with Gasteiger partial charge in [0.25, 0.3) is 0 Å². The summed E-state index contributed by atoms with van der Waals surface area (Å²) >= 11 is 3.38. The highest BCUT2D eigenvalue weighted by Gasteiger charge is 2.26. The van der Waals surface area contributed by atoms with Crippen molar-refractivity contribution in [2.45, 2.75) is 13.3 Å². The van der Waals surface area contributed by atoms with Gasteiger partial charge >= 0.3 is 0 Å². The van der Waals surface area contributed by atoms with Crippen LogP contribution < -0.4 is 5.30 Å². The molecule has 3 heteroatoms. The zero-order valence-electron chi connectivity index (χ0n) is 8.03. The maximum absolute atomic E-state index is 12.4. The number of halogens is 1. The third-order valence-corrected chi connectivity index (χ3v) is 5.98. The second-order valence-electron chi connectivity index (χ2n) is 3.72. The van der Waals surface area contributed by atoms with Gasteiger partial charge in [-0.05, 0) is 31.3 Å². The molecule has 0 saturated carbocycles. The molecule has 0 aliphatic carbocycles. The van der Waals surface area contributed by atoms with E-state index in [0.717, 1.165) is 22.4 Å².